The average molecular weight is 314 g/mol. The van der Waals surface area contributed by atoms with Crippen molar-refractivity contribution < 1.29 is 32.1 Å². The highest BCUT2D eigenvalue weighted by atomic mass is 28.4. The first-order chi connectivity index (χ1) is 9.72. The van der Waals surface area contributed by atoms with E-state index in [1.165, 1.54) is 24.3 Å². The van der Waals surface area contributed by atoms with Gasteiger partial charge in [0, 0.05) is 20.8 Å². The minimum atomic E-state index is -3.91. The molecule has 0 fully saturated rings. The molecule has 0 saturated carbocycles. The Morgan fingerprint density at radius 2 is 1.29 bits per heavy atom. The molecule has 0 aliphatic rings. The van der Waals surface area contributed by atoms with E-state index in [-0.39, 0.29) is 6.04 Å². The summed E-state index contributed by atoms with van der Waals surface area (Å²) >= 11 is 0. The maximum absolute atomic E-state index is 12.9. The van der Waals surface area contributed by atoms with Crippen molar-refractivity contribution in [2.45, 2.75) is 26.8 Å². The van der Waals surface area contributed by atoms with Crippen LogP contribution in [-0.4, -0.2) is 26.7 Å². The van der Waals surface area contributed by atoms with E-state index in [1.807, 2.05) is 0 Å². The zero-order valence-electron chi connectivity index (χ0n) is 11.8. The van der Waals surface area contributed by atoms with Crippen LogP contribution in [0.3, 0.4) is 0 Å². The normalized spacial score (nSPS) is 10.7. The molecule has 21 heavy (non-hydrogen) atoms. The van der Waals surface area contributed by atoms with Gasteiger partial charge in [0.15, 0.2) is 0 Å². The number of carbonyl (C=O) groups is 3. The lowest BCUT2D eigenvalue weighted by atomic mass is 10.2. The maximum atomic E-state index is 12.9. The molecule has 1 aromatic rings. The van der Waals surface area contributed by atoms with Crippen LogP contribution >= 0.6 is 0 Å². The fourth-order valence-corrected chi connectivity index (χ4v) is 4.07. The van der Waals surface area contributed by atoms with Crippen LogP contribution in [-0.2, 0) is 33.7 Å². The van der Waals surface area contributed by atoms with Gasteiger partial charge in [-0.3, -0.25) is 14.4 Å². The molecule has 0 N–H and O–H groups in total. The highest BCUT2D eigenvalue weighted by molar-refractivity contribution is 6.65. The topological polar surface area (TPSA) is 78.9 Å². The fraction of sp³-hybridized carbons (Fsp3) is 0.308. The van der Waals surface area contributed by atoms with Crippen LogP contribution in [0, 0.1) is 5.82 Å². The second-order valence-corrected chi connectivity index (χ2v) is 6.60. The SMILES string of the molecule is CC(=O)O[Si](Cc1ccc(F)cc1)(OC(C)=O)OC(C)=O. The van der Waals surface area contributed by atoms with Crippen molar-refractivity contribution in [3.8, 4) is 0 Å². The minimum absolute atomic E-state index is 0.119. The summed E-state index contributed by atoms with van der Waals surface area (Å²) in [6.07, 6.45) is 0. The van der Waals surface area contributed by atoms with Crippen LogP contribution in [0.4, 0.5) is 4.39 Å². The summed E-state index contributed by atoms with van der Waals surface area (Å²) in [6.45, 7) is 3.33. The smallest absolute Gasteiger partial charge is 0.455 e. The first kappa shape index (κ1) is 16.8. The Bertz CT molecular complexity index is 501. The molecule has 0 aromatic heterocycles. The van der Waals surface area contributed by atoms with E-state index in [9.17, 15) is 18.8 Å². The Morgan fingerprint density at radius 1 is 0.905 bits per heavy atom. The zero-order valence-corrected chi connectivity index (χ0v) is 12.8. The van der Waals surface area contributed by atoms with Gasteiger partial charge in [-0.2, -0.15) is 0 Å². The number of rotatable bonds is 5. The van der Waals surface area contributed by atoms with Crippen molar-refractivity contribution in [3.05, 3.63) is 35.6 Å². The summed E-state index contributed by atoms with van der Waals surface area (Å²) < 4.78 is 27.9. The van der Waals surface area contributed by atoms with Gasteiger partial charge < -0.3 is 13.3 Å². The molecular weight excluding hydrogens is 299 g/mol. The summed E-state index contributed by atoms with van der Waals surface area (Å²) in [5.41, 5.74) is 0.506. The molecule has 0 aliphatic heterocycles. The molecule has 1 aromatic carbocycles. The Kier molecular flexibility index (Phi) is 5.59. The summed E-state index contributed by atoms with van der Waals surface area (Å²) in [7, 11) is -3.91. The van der Waals surface area contributed by atoms with Gasteiger partial charge in [-0.05, 0) is 17.7 Å². The van der Waals surface area contributed by atoms with Gasteiger partial charge >= 0.3 is 8.80 Å². The van der Waals surface area contributed by atoms with Gasteiger partial charge in [-0.15, -0.1) is 0 Å². The van der Waals surface area contributed by atoms with Gasteiger partial charge in [-0.1, -0.05) is 12.1 Å². The predicted molar refractivity (Wildman–Crippen MR) is 71.2 cm³/mol. The van der Waals surface area contributed by atoms with Crippen molar-refractivity contribution >= 4 is 26.7 Å². The highest BCUT2D eigenvalue weighted by Crippen LogP contribution is 2.18. The van der Waals surface area contributed by atoms with Gasteiger partial charge in [-0.25, -0.2) is 4.39 Å². The van der Waals surface area contributed by atoms with Crippen LogP contribution in [0.1, 0.15) is 26.3 Å². The largest absolute Gasteiger partial charge is 0.709 e. The highest BCUT2D eigenvalue weighted by Gasteiger charge is 2.52. The molecule has 0 saturated heterocycles. The van der Waals surface area contributed by atoms with Crippen LogP contribution < -0.4 is 0 Å². The van der Waals surface area contributed by atoms with Gasteiger partial charge in [0.25, 0.3) is 17.9 Å². The van der Waals surface area contributed by atoms with Crippen molar-refractivity contribution in [1.29, 1.82) is 0 Å². The van der Waals surface area contributed by atoms with E-state index in [2.05, 4.69) is 0 Å². The summed E-state index contributed by atoms with van der Waals surface area (Å²) in [4.78, 5) is 33.7. The molecule has 0 aliphatic carbocycles. The Morgan fingerprint density at radius 3 is 1.62 bits per heavy atom. The first-order valence-electron chi connectivity index (χ1n) is 6.05. The minimum Gasteiger partial charge on any atom is -0.455 e. The molecule has 6 nitrogen and oxygen atoms in total. The molecule has 1 rings (SSSR count). The number of halogens is 1. The van der Waals surface area contributed by atoms with Gasteiger partial charge in [0.2, 0.25) is 0 Å². The van der Waals surface area contributed by atoms with Gasteiger partial charge in [0.1, 0.15) is 5.82 Å². The van der Waals surface area contributed by atoms with E-state index >= 15 is 0 Å². The molecule has 8 heteroatoms. The molecule has 0 amide bonds. The van der Waals surface area contributed by atoms with E-state index < -0.39 is 32.5 Å². The second kappa shape index (κ2) is 6.98. The maximum Gasteiger partial charge on any atom is 0.709 e. The third-order valence-corrected chi connectivity index (χ3v) is 4.87. The first-order valence-corrected chi connectivity index (χ1v) is 7.99. The second-order valence-electron chi connectivity index (χ2n) is 4.27. The van der Waals surface area contributed by atoms with Crippen molar-refractivity contribution in [2.24, 2.45) is 0 Å². The fourth-order valence-electron chi connectivity index (χ4n) is 1.68. The predicted octanol–water partition coefficient (Wildman–Crippen LogP) is 1.54. The molecule has 0 bridgehead atoms. The molecular formula is C13H15FO6Si. The quantitative estimate of drug-likeness (QED) is 0.767. The number of benzene rings is 1. The lowest BCUT2D eigenvalue weighted by molar-refractivity contribution is -0.147. The van der Waals surface area contributed by atoms with E-state index in [0.717, 1.165) is 20.8 Å². The van der Waals surface area contributed by atoms with Crippen molar-refractivity contribution in [2.75, 3.05) is 0 Å². The number of carbonyl (C=O) groups excluding carboxylic acids is 3. The Balaban J connectivity index is 3.11. The standard InChI is InChI=1S/C13H15FO6Si/c1-9(15)18-21(19-10(2)16,20-11(3)17)8-12-4-6-13(14)7-5-12/h4-7H,8H2,1-3H3. The molecule has 0 spiro atoms. The third-order valence-electron chi connectivity index (χ3n) is 2.23. The molecule has 0 atom stereocenters. The van der Waals surface area contributed by atoms with E-state index in [1.54, 1.807) is 0 Å². The van der Waals surface area contributed by atoms with E-state index in [0.29, 0.717) is 5.56 Å². The third kappa shape index (κ3) is 5.73. The van der Waals surface area contributed by atoms with Crippen LogP contribution in [0.5, 0.6) is 0 Å². The van der Waals surface area contributed by atoms with Crippen LogP contribution in [0.2, 0.25) is 0 Å². The van der Waals surface area contributed by atoms with Gasteiger partial charge in [0.05, 0.1) is 6.04 Å². The number of hydrogen-bond donors (Lipinski definition) is 0. The van der Waals surface area contributed by atoms with E-state index in [4.69, 9.17) is 13.3 Å². The van der Waals surface area contributed by atoms with Crippen LogP contribution in [0.15, 0.2) is 24.3 Å². The Hall–Kier alpha value is -2.22. The lowest BCUT2D eigenvalue weighted by Gasteiger charge is -2.26. The summed E-state index contributed by atoms with van der Waals surface area (Å²) in [5, 5.41) is 0. The molecule has 114 valence electrons. The summed E-state index contributed by atoms with van der Waals surface area (Å²) in [6, 6.07) is 5.13. The molecule has 0 heterocycles. The van der Waals surface area contributed by atoms with Crippen molar-refractivity contribution in [1.82, 2.24) is 0 Å². The van der Waals surface area contributed by atoms with Crippen molar-refractivity contribution in [3.63, 3.8) is 0 Å². The lowest BCUT2D eigenvalue weighted by Crippen LogP contribution is -2.51. The monoisotopic (exact) mass is 314 g/mol. The summed E-state index contributed by atoms with van der Waals surface area (Å²) in [5.74, 6) is -2.68. The molecule has 0 radical (unpaired) electrons. The van der Waals surface area contributed by atoms with Crippen LogP contribution in [0.25, 0.3) is 0 Å². The number of hydrogen-bond acceptors (Lipinski definition) is 6. The zero-order chi connectivity index (χ0) is 16.0. The molecule has 0 unspecified atom stereocenters. The Labute approximate surface area is 122 Å². The average Bonchev–Trinajstić information content (AvgIpc) is 2.29.